The van der Waals surface area contributed by atoms with Gasteiger partial charge in [-0.1, -0.05) is 11.6 Å². The molecule has 0 aliphatic carbocycles. The number of nitrogens with one attached hydrogen (secondary N) is 1. The van der Waals surface area contributed by atoms with Gasteiger partial charge in [-0.05, 0) is 18.2 Å². The molecule has 0 amide bonds. The van der Waals surface area contributed by atoms with Gasteiger partial charge in [0.15, 0.2) is 5.82 Å². The maximum atomic E-state index is 12.9. The molecule has 0 aliphatic rings. The highest BCUT2D eigenvalue weighted by atomic mass is 35.5. The molecular weight excluding hydrogens is 274 g/mol. The number of nitrogens with two attached hydrogens (primary N) is 1. The fourth-order valence-corrected chi connectivity index (χ4v) is 1.79. The number of benzene rings is 1. The number of aromatic nitrogens is 2. The van der Waals surface area contributed by atoms with E-state index in [0.29, 0.717) is 0 Å². The Labute approximate surface area is 104 Å². The second-order valence-electron chi connectivity index (χ2n) is 3.48. The molecule has 0 radical (unpaired) electrons. The largest absolute Gasteiger partial charge is 0.433 e. The highest BCUT2D eigenvalue weighted by molar-refractivity contribution is 6.33. The molecule has 1 aromatic carbocycles. The number of alkyl halides is 3. The van der Waals surface area contributed by atoms with E-state index in [-0.39, 0.29) is 22.0 Å². The molecule has 0 unspecified atom stereocenters. The minimum atomic E-state index is -4.66. The number of nitrogens with zero attached hydrogens (tertiary/aromatic N) is 1. The second kappa shape index (κ2) is 4.16. The molecule has 2 rings (SSSR count). The van der Waals surface area contributed by atoms with Gasteiger partial charge >= 0.3 is 6.18 Å². The second-order valence-corrected chi connectivity index (χ2v) is 3.89. The van der Waals surface area contributed by atoms with E-state index < -0.39 is 17.7 Å². The summed E-state index contributed by atoms with van der Waals surface area (Å²) in [6, 6.07) is 3.02. The first-order valence-corrected chi connectivity index (χ1v) is 5.05. The summed E-state index contributed by atoms with van der Waals surface area (Å²) in [5, 5.41) is 4.93. The van der Waals surface area contributed by atoms with E-state index in [1.807, 2.05) is 0 Å². The van der Waals surface area contributed by atoms with Crippen molar-refractivity contribution in [3.8, 4) is 11.1 Å². The average Bonchev–Trinajstić information content (AvgIpc) is 2.60. The highest BCUT2D eigenvalue weighted by Gasteiger charge is 2.37. The van der Waals surface area contributed by atoms with E-state index in [1.54, 1.807) is 5.10 Å². The summed E-state index contributed by atoms with van der Waals surface area (Å²) < 4.78 is 51.0. The summed E-state index contributed by atoms with van der Waals surface area (Å²) in [4.78, 5) is 0. The Bertz CT molecular complexity index is 591. The Morgan fingerprint density at radius 1 is 1.28 bits per heavy atom. The molecule has 2 aromatic rings. The van der Waals surface area contributed by atoms with E-state index in [0.717, 1.165) is 18.2 Å². The lowest BCUT2D eigenvalue weighted by Gasteiger charge is -2.09. The fourth-order valence-electron chi connectivity index (χ4n) is 1.53. The Balaban J connectivity index is 2.67. The van der Waals surface area contributed by atoms with Gasteiger partial charge in [-0.25, -0.2) is 4.39 Å². The van der Waals surface area contributed by atoms with Crippen LogP contribution in [0.3, 0.4) is 0 Å². The van der Waals surface area contributed by atoms with Crippen molar-refractivity contribution in [1.82, 2.24) is 10.2 Å². The van der Waals surface area contributed by atoms with Crippen molar-refractivity contribution >= 4 is 17.4 Å². The lowest BCUT2D eigenvalue weighted by Crippen LogP contribution is -2.07. The normalized spacial score (nSPS) is 11.8. The predicted octanol–water partition coefficient (Wildman–Crippen LogP) is 3.47. The van der Waals surface area contributed by atoms with Crippen LogP contribution in [0.5, 0.6) is 0 Å². The van der Waals surface area contributed by atoms with E-state index in [4.69, 9.17) is 17.3 Å². The smallest absolute Gasteiger partial charge is 0.382 e. The van der Waals surface area contributed by atoms with Gasteiger partial charge in [0, 0.05) is 5.56 Å². The Morgan fingerprint density at radius 3 is 2.50 bits per heavy atom. The van der Waals surface area contributed by atoms with Crippen LogP contribution < -0.4 is 5.73 Å². The van der Waals surface area contributed by atoms with Gasteiger partial charge in [0.25, 0.3) is 0 Å². The first-order chi connectivity index (χ1) is 8.30. The highest BCUT2D eigenvalue weighted by Crippen LogP contribution is 2.41. The molecule has 8 heteroatoms. The standard InChI is InChI=1S/C10H6ClF4N3/c11-6-3-4(12)1-2-5(6)7-8(10(13,14)15)17-18-9(7)16/h1-3H,(H3,16,17,18). The van der Waals surface area contributed by atoms with Gasteiger partial charge in [0.2, 0.25) is 0 Å². The minimum absolute atomic E-state index is 0.0309. The van der Waals surface area contributed by atoms with Crippen LogP contribution >= 0.6 is 11.6 Å². The van der Waals surface area contributed by atoms with Gasteiger partial charge in [-0.2, -0.15) is 18.3 Å². The predicted molar refractivity (Wildman–Crippen MR) is 58.4 cm³/mol. The van der Waals surface area contributed by atoms with Crippen molar-refractivity contribution in [1.29, 1.82) is 0 Å². The first kappa shape index (κ1) is 12.7. The molecule has 1 aromatic heterocycles. The number of anilines is 1. The topological polar surface area (TPSA) is 54.7 Å². The molecule has 18 heavy (non-hydrogen) atoms. The van der Waals surface area contributed by atoms with Gasteiger partial charge in [-0.3, -0.25) is 5.10 Å². The lowest BCUT2D eigenvalue weighted by atomic mass is 10.0. The van der Waals surface area contributed by atoms with E-state index >= 15 is 0 Å². The lowest BCUT2D eigenvalue weighted by molar-refractivity contribution is -0.140. The zero-order chi connectivity index (χ0) is 13.5. The van der Waals surface area contributed by atoms with E-state index in [1.165, 1.54) is 0 Å². The van der Waals surface area contributed by atoms with E-state index in [9.17, 15) is 17.6 Å². The summed E-state index contributed by atoms with van der Waals surface area (Å²) in [5.74, 6) is -1.00. The van der Waals surface area contributed by atoms with Crippen LogP contribution in [-0.4, -0.2) is 10.2 Å². The summed E-state index contributed by atoms with van der Waals surface area (Å²) >= 11 is 5.71. The number of aromatic amines is 1. The van der Waals surface area contributed by atoms with Crippen LogP contribution in [0.15, 0.2) is 18.2 Å². The maximum absolute atomic E-state index is 12.9. The quantitative estimate of drug-likeness (QED) is 0.785. The molecule has 0 atom stereocenters. The molecule has 96 valence electrons. The summed E-state index contributed by atoms with van der Waals surface area (Å²) in [6.07, 6.45) is -4.66. The molecule has 3 N–H and O–H groups in total. The van der Waals surface area contributed by atoms with Crippen molar-refractivity contribution < 1.29 is 17.6 Å². The molecule has 1 heterocycles. The summed E-state index contributed by atoms with van der Waals surface area (Å²) in [7, 11) is 0. The van der Waals surface area contributed by atoms with Gasteiger partial charge in [-0.15, -0.1) is 0 Å². The third kappa shape index (κ3) is 2.13. The van der Waals surface area contributed by atoms with Crippen LogP contribution in [0.4, 0.5) is 23.4 Å². The summed E-state index contributed by atoms with van der Waals surface area (Å²) in [5.41, 5.74) is 3.85. The van der Waals surface area contributed by atoms with E-state index in [2.05, 4.69) is 5.10 Å². The monoisotopic (exact) mass is 279 g/mol. The van der Waals surface area contributed by atoms with Crippen molar-refractivity contribution in [3.05, 3.63) is 34.7 Å². The minimum Gasteiger partial charge on any atom is -0.382 e. The number of hydrogen-bond donors (Lipinski definition) is 2. The zero-order valence-electron chi connectivity index (χ0n) is 8.65. The molecule has 0 fully saturated rings. The van der Waals surface area contributed by atoms with Crippen LogP contribution in [0.2, 0.25) is 5.02 Å². The first-order valence-electron chi connectivity index (χ1n) is 4.67. The number of halogens is 5. The van der Waals surface area contributed by atoms with Crippen molar-refractivity contribution in [2.45, 2.75) is 6.18 Å². The summed E-state index contributed by atoms with van der Waals surface area (Å²) in [6.45, 7) is 0. The maximum Gasteiger partial charge on any atom is 0.433 e. The number of rotatable bonds is 1. The zero-order valence-corrected chi connectivity index (χ0v) is 9.40. The third-order valence-corrected chi connectivity index (χ3v) is 2.59. The molecule has 0 bridgehead atoms. The van der Waals surface area contributed by atoms with Crippen LogP contribution in [-0.2, 0) is 6.18 Å². The average molecular weight is 280 g/mol. The Kier molecular flexibility index (Phi) is 2.94. The fraction of sp³-hybridized carbons (Fsp3) is 0.100. The van der Waals surface area contributed by atoms with Crippen LogP contribution in [0.1, 0.15) is 5.69 Å². The molecular formula is C10H6ClF4N3. The van der Waals surface area contributed by atoms with Crippen LogP contribution in [0.25, 0.3) is 11.1 Å². The van der Waals surface area contributed by atoms with Crippen LogP contribution in [0, 0.1) is 5.82 Å². The van der Waals surface area contributed by atoms with Crippen molar-refractivity contribution in [2.75, 3.05) is 5.73 Å². The Morgan fingerprint density at radius 2 is 1.94 bits per heavy atom. The van der Waals surface area contributed by atoms with Gasteiger partial charge in [0.05, 0.1) is 10.6 Å². The molecule has 0 spiro atoms. The third-order valence-electron chi connectivity index (χ3n) is 2.28. The van der Waals surface area contributed by atoms with Crippen molar-refractivity contribution in [2.24, 2.45) is 0 Å². The molecule has 3 nitrogen and oxygen atoms in total. The number of H-pyrrole nitrogens is 1. The molecule has 0 saturated carbocycles. The molecule has 0 saturated heterocycles. The Hall–Kier alpha value is -1.76. The van der Waals surface area contributed by atoms with Crippen molar-refractivity contribution in [3.63, 3.8) is 0 Å². The molecule has 0 aliphatic heterocycles. The van der Waals surface area contributed by atoms with Gasteiger partial charge in [0.1, 0.15) is 11.5 Å². The number of hydrogen-bond acceptors (Lipinski definition) is 2. The SMILES string of the molecule is Nc1n[nH]c(C(F)(F)F)c1-c1ccc(F)cc1Cl. The van der Waals surface area contributed by atoms with Gasteiger partial charge < -0.3 is 5.73 Å². The number of nitrogen functional groups attached to an aromatic ring is 1.